The number of fused-ring (bicyclic) bond motifs is 1. The summed E-state index contributed by atoms with van der Waals surface area (Å²) in [5.41, 5.74) is 1.78. The molecule has 0 spiro atoms. The van der Waals surface area contributed by atoms with Crippen molar-refractivity contribution in [2.24, 2.45) is 0 Å². The second-order valence-electron chi connectivity index (χ2n) is 3.71. The van der Waals surface area contributed by atoms with Gasteiger partial charge in [-0.05, 0) is 30.7 Å². The Morgan fingerprint density at radius 1 is 1.53 bits per heavy atom. The first kappa shape index (κ1) is 11.9. The summed E-state index contributed by atoms with van der Waals surface area (Å²) in [5, 5.41) is 0. The smallest absolute Gasteiger partial charge is 0.326 e. The Hall–Kier alpha value is -1.55. The number of carbonyl (C=O) groups excluding carboxylic acids is 2. The van der Waals surface area contributed by atoms with E-state index in [9.17, 15) is 9.59 Å². The Labute approximate surface area is 104 Å². The van der Waals surface area contributed by atoms with Crippen molar-refractivity contribution in [3.8, 4) is 5.75 Å². The minimum Gasteiger partial charge on any atom is -0.426 e. The topological polar surface area (TPSA) is 46.6 Å². The van der Waals surface area contributed by atoms with Crippen molar-refractivity contribution in [1.82, 2.24) is 0 Å². The molecule has 2 rings (SSSR count). The Kier molecular flexibility index (Phi) is 3.33. The summed E-state index contributed by atoms with van der Waals surface area (Å²) in [5.74, 6) is -0.177. The summed E-state index contributed by atoms with van der Waals surface area (Å²) in [6.07, 6.45) is 0.357. The van der Waals surface area contributed by atoms with E-state index in [4.69, 9.17) is 16.3 Å². The standard InChI is InChI=1S/C12H12ClNO3/c1-2-14-10-4-3-9(17-12(16)7-13)5-8(10)6-11(14)15/h3-5H,2,6-7H2,1H3. The number of rotatable bonds is 3. The van der Waals surface area contributed by atoms with Crippen LogP contribution in [0.4, 0.5) is 5.69 Å². The fourth-order valence-corrected chi connectivity index (χ4v) is 1.98. The number of anilines is 1. The van der Waals surface area contributed by atoms with Crippen LogP contribution in [0.2, 0.25) is 0 Å². The molecule has 0 saturated heterocycles. The molecule has 90 valence electrons. The van der Waals surface area contributed by atoms with Gasteiger partial charge in [0.1, 0.15) is 11.6 Å². The molecule has 0 atom stereocenters. The number of amides is 1. The lowest BCUT2D eigenvalue weighted by molar-refractivity contribution is -0.131. The Balaban J connectivity index is 2.25. The van der Waals surface area contributed by atoms with E-state index < -0.39 is 5.97 Å². The zero-order chi connectivity index (χ0) is 12.4. The van der Waals surface area contributed by atoms with Crippen LogP contribution in [0.25, 0.3) is 0 Å². The van der Waals surface area contributed by atoms with Crippen molar-refractivity contribution in [3.05, 3.63) is 23.8 Å². The maximum atomic E-state index is 11.6. The zero-order valence-electron chi connectivity index (χ0n) is 9.40. The second-order valence-corrected chi connectivity index (χ2v) is 3.98. The molecule has 5 heteroatoms. The molecule has 0 bridgehead atoms. The Bertz CT molecular complexity index is 473. The van der Waals surface area contributed by atoms with Crippen molar-refractivity contribution < 1.29 is 14.3 Å². The van der Waals surface area contributed by atoms with Gasteiger partial charge in [-0.15, -0.1) is 11.6 Å². The lowest BCUT2D eigenvalue weighted by atomic mass is 10.1. The van der Waals surface area contributed by atoms with Crippen molar-refractivity contribution >= 4 is 29.2 Å². The SMILES string of the molecule is CCN1C(=O)Cc2cc(OC(=O)CCl)ccc21. The molecule has 1 amide bonds. The minimum absolute atomic E-state index is 0.0725. The molecule has 0 radical (unpaired) electrons. The van der Waals surface area contributed by atoms with Crippen LogP contribution in [0.15, 0.2) is 18.2 Å². The quantitative estimate of drug-likeness (QED) is 0.468. The van der Waals surface area contributed by atoms with Crippen LogP contribution in [-0.2, 0) is 16.0 Å². The number of alkyl halides is 1. The number of likely N-dealkylation sites (N-methyl/N-ethyl adjacent to an activating group) is 1. The van der Waals surface area contributed by atoms with Crippen LogP contribution < -0.4 is 9.64 Å². The van der Waals surface area contributed by atoms with Gasteiger partial charge in [0.2, 0.25) is 5.91 Å². The Morgan fingerprint density at radius 3 is 2.94 bits per heavy atom. The third-order valence-electron chi connectivity index (χ3n) is 2.64. The summed E-state index contributed by atoms with van der Waals surface area (Å²) in [7, 11) is 0. The summed E-state index contributed by atoms with van der Waals surface area (Å²) in [6, 6.07) is 5.18. The molecule has 1 aliphatic rings. The van der Waals surface area contributed by atoms with Crippen LogP contribution in [0.3, 0.4) is 0 Å². The van der Waals surface area contributed by atoms with Crippen molar-refractivity contribution in [1.29, 1.82) is 0 Å². The molecule has 0 unspecified atom stereocenters. The van der Waals surface area contributed by atoms with Crippen molar-refractivity contribution in [3.63, 3.8) is 0 Å². The molecule has 0 aliphatic carbocycles. The Morgan fingerprint density at radius 2 is 2.29 bits per heavy atom. The first-order chi connectivity index (χ1) is 8.15. The monoisotopic (exact) mass is 253 g/mol. The minimum atomic E-state index is -0.497. The molecule has 0 fully saturated rings. The maximum Gasteiger partial charge on any atom is 0.326 e. The van der Waals surface area contributed by atoms with Crippen LogP contribution in [0.5, 0.6) is 5.75 Å². The predicted molar refractivity (Wildman–Crippen MR) is 64.5 cm³/mol. The lowest BCUT2D eigenvalue weighted by Crippen LogP contribution is -2.25. The first-order valence-corrected chi connectivity index (χ1v) is 5.89. The van der Waals surface area contributed by atoms with Gasteiger partial charge in [-0.2, -0.15) is 0 Å². The third kappa shape index (κ3) is 2.26. The van der Waals surface area contributed by atoms with Gasteiger partial charge < -0.3 is 9.64 Å². The van der Waals surface area contributed by atoms with E-state index >= 15 is 0 Å². The third-order valence-corrected chi connectivity index (χ3v) is 2.86. The van der Waals surface area contributed by atoms with E-state index in [1.165, 1.54) is 0 Å². The molecule has 1 heterocycles. The van der Waals surface area contributed by atoms with Crippen LogP contribution in [0, 0.1) is 0 Å². The predicted octanol–water partition coefficient (Wildman–Crippen LogP) is 1.74. The van der Waals surface area contributed by atoms with Crippen LogP contribution in [-0.4, -0.2) is 24.3 Å². The molecule has 17 heavy (non-hydrogen) atoms. The number of esters is 1. The average molecular weight is 254 g/mol. The molecular weight excluding hydrogens is 242 g/mol. The van der Waals surface area contributed by atoms with E-state index in [-0.39, 0.29) is 11.8 Å². The van der Waals surface area contributed by atoms with Crippen molar-refractivity contribution in [2.45, 2.75) is 13.3 Å². The molecule has 1 aromatic rings. The highest BCUT2D eigenvalue weighted by Crippen LogP contribution is 2.31. The van der Waals surface area contributed by atoms with Gasteiger partial charge in [-0.25, -0.2) is 0 Å². The van der Waals surface area contributed by atoms with Crippen LogP contribution in [0.1, 0.15) is 12.5 Å². The number of benzene rings is 1. The normalized spacial score (nSPS) is 13.8. The summed E-state index contributed by atoms with van der Waals surface area (Å²) < 4.78 is 4.99. The van der Waals surface area contributed by atoms with E-state index in [0.29, 0.717) is 18.7 Å². The number of carbonyl (C=O) groups is 2. The van der Waals surface area contributed by atoms with E-state index in [1.54, 1.807) is 23.1 Å². The summed E-state index contributed by atoms with van der Waals surface area (Å²) in [6.45, 7) is 2.57. The van der Waals surface area contributed by atoms with Gasteiger partial charge in [0, 0.05) is 12.2 Å². The van der Waals surface area contributed by atoms with Crippen molar-refractivity contribution in [2.75, 3.05) is 17.3 Å². The van der Waals surface area contributed by atoms with Gasteiger partial charge >= 0.3 is 5.97 Å². The van der Waals surface area contributed by atoms with Gasteiger partial charge in [0.25, 0.3) is 0 Å². The number of nitrogens with zero attached hydrogens (tertiary/aromatic N) is 1. The van der Waals surface area contributed by atoms with Gasteiger partial charge in [0.05, 0.1) is 6.42 Å². The molecule has 0 saturated carbocycles. The second kappa shape index (κ2) is 4.75. The van der Waals surface area contributed by atoms with E-state index in [1.807, 2.05) is 6.92 Å². The molecule has 0 N–H and O–H groups in total. The lowest BCUT2D eigenvalue weighted by Gasteiger charge is -2.14. The fourth-order valence-electron chi connectivity index (χ4n) is 1.93. The largest absolute Gasteiger partial charge is 0.426 e. The highest BCUT2D eigenvalue weighted by molar-refractivity contribution is 6.26. The number of ether oxygens (including phenoxy) is 1. The number of hydrogen-bond acceptors (Lipinski definition) is 3. The first-order valence-electron chi connectivity index (χ1n) is 5.35. The molecule has 1 aromatic carbocycles. The van der Waals surface area contributed by atoms with Gasteiger partial charge in [0.15, 0.2) is 0 Å². The summed E-state index contributed by atoms with van der Waals surface area (Å²) >= 11 is 5.35. The van der Waals surface area contributed by atoms with Gasteiger partial charge in [-0.1, -0.05) is 0 Å². The van der Waals surface area contributed by atoms with E-state index in [0.717, 1.165) is 11.3 Å². The molecule has 4 nitrogen and oxygen atoms in total. The molecular formula is C12H12ClNO3. The highest BCUT2D eigenvalue weighted by Gasteiger charge is 2.26. The summed E-state index contributed by atoms with van der Waals surface area (Å²) in [4.78, 5) is 24.4. The fraction of sp³-hybridized carbons (Fsp3) is 0.333. The maximum absolute atomic E-state index is 11.6. The molecule has 0 aromatic heterocycles. The zero-order valence-corrected chi connectivity index (χ0v) is 10.2. The van der Waals surface area contributed by atoms with Crippen LogP contribution >= 0.6 is 11.6 Å². The van der Waals surface area contributed by atoms with Gasteiger partial charge in [-0.3, -0.25) is 9.59 Å². The molecule has 1 aliphatic heterocycles. The van der Waals surface area contributed by atoms with E-state index in [2.05, 4.69) is 0 Å². The number of hydrogen-bond donors (Lipinski definition) is 0. The average Bonchev–Trinajstić information content (AvgIpc) is 2.63. The highest BCUT2D eigenvalue weighted by atomic mass is 35.5. The number of halogens is 1.